The molecule has 5 aromatic carbocycles. The minimum atomic E-state index is -1.24. The Labute approximate surface area is 369 Å². The monoisotopic (exact) mass is 871 g/mol. The molecule has 1 saturated heterocycles. The second kappa shape index (κ2) is 23.8. The van der Waals surface area contributed by atoms with Crippen molar-refractivity contribution in [3.8, 4) is 5.75 Å². The number of rotatable bonds is 15. The Bertz CT molecular complexity index is 2270. The molecule has 4 atom stereocenters. The molecule has 14 nitrogen and oxygen atoms in total. The number of esters is 1. The van der Waals surface area contributed by atoms with Gasteiger partial charge in [-0.3, -0.25) is 19.2 Å². The molecule has 0 saturated carbocycles. The standard InChI is InChI=1S/C48H49N5O9S/c54-43-27-49-44(55)41(31-63-32-42(47(58)61-29-36-17-9-3-10-18-36)52-45(56)39(50-43)25-33-13-5-1-6-14-33)51-46(57)40(53-48(59)62-30-37-19-11-4-12-20-37)26-34-21-23-38(24-22-34)60-28-35-15-7-2-8-16-35/h1-24,39-42H,25-32H2,(H,49,55)(H,50,54)(H,51,57)(H,52,56)(H,53,59)/t39-,40-,41+,42+/m0/s1. The van der Waals surface area contributed by atoms with Gasteiger partial charge in [-0.15, -0.1) is 0 Å². The molecule has 5 aromatic rings. The van der Waals surface area contributed by atoms with E-state index in [2.05, 4.69) is 26.6 Å². The number of carbonyl (C=O) groups is 6. The number of alkyl carbamates (subject to hydrolysis) is 1. The summed E-state index contributed by atoms with van der Waals surface area (Å²) in [5, 5.41) is 13.4. The van der Waals surface area contributed by atoms with E-state index < -0.39 is 66.4 Å². The summed E-state index contributed by atoms with van der Waals surface area (Å²) in [6, 6.07) is 39.1. The van der Waals surface area contributed by atoms with Gasteiger partial charge < -0.3 is 40.8 Å². The molecule has 0 bridgehead atoms. The topological polar surface area (TPSA) is 190 Å². The number of nitrogens with one attached hydrogen (secondary N) is 5. The van der Waals surface area contributed by atoms with Gasteiger partial charge in [0.25, 0.3) is 0 Å². The molecule has 0 aliphatic carbocycles. The summed E-state index contributed by atoms with van der Waals surface area (Å²) >= 11 is 1.11. The molecule has 63 heavy (non-hydrogen) atoms. The lowest BCUT2D eigenvalue weighted by molar-refractivity contribution is -0.148. The minimum absolute atomic E-state index is 0.0132. The van der Waals surface area contributed by atoms with Crippen molar-refractivity contribution in [1.29, 1.82) is 0 Å². The predicted octanol–water partition coefficient (Wildman–Crippen LogP) is 4.41. The first-order chi connectivity index (χ1) is 30.7. The van der Waals surface area contributed by atoms with Gasteiger partial charge in [0.05, 0.1) is 6.54 Å². The first kappa shape index (κ1) is 45.4. The molecule has 1 fully saturated rings. The van der Waals surface area contributed by atoms with Crippen molar-refractivity contribution in [2.45, 2.75) is 56.8 Å². The van der Waals surface area contributed by atoms with Gasteiger partial charge >= 0.3 is 12.1 Å². The first-order valence-corrected chi connectivity index (χ1v) is 21.6. The zero-order chi connectivity index (χ0) is 44.2. The molecule has 0 aromatic heterocycles. The van der Waals surface area contributed by atoms with Crippen LogP contribution in [0.25, 0.3) is 0 Å². The van der Waals surface area contributed by atoms with Crippen molar-refractivity contribution in [3.05, 3.63) is 173 Å². The van der Waals surface area contributed by atoms with Crippen molar-refractivity contribution in [1.82, 2.24) is 26.6 Å². The second-order valence-electron chi connectivity index (χ2n) is 14.7. The summed E-state index contributed by atoms with van der Waals surface area (Å²) in [5.41, 5.74) is 3.91. The summed E-state index contributed by atoms with van der Waals surface area (Å²) in [4.78, 5) is 81.6. The van der Waals surface area contributed by atoms with Crippen LogP contribution in [-0.2, 0) is 66.1 Å². The molecular weight excluding hydrogens is 823 g/mol. The maximum Gasteiger partial charge on any atom is 0.408 e. The molecule has 6 rings (SSSR count). The number of amides is 5. The van der Waals surface area contributed by atoms with E-state index in [0.717, 1.165) is 34.0 Å². The summed E-state index contributed by atoms with van der Waals surface area (Å²) in [6.07, 6.45) is -0.737. The molecule has 0 spiro atoms. The zero-order valence-electron chi connectivity index (χ0n) is 34.4. The lowest BCUT2D eigenvalue weighted by Crippen LogP contribution is -2.56. The van der Waals surface area contributed by atoms with E-state index in [4.69, 9.17) is 14.2 Å². The number of benzene rings is 5. The Kier molecular flexibility index (Phi) is 17.1. The van der Waals surface area contributed by atoms with E-state index >= 15 is 0 Å². The predicted molar refractivity (Wildman–Crippen MR) is 237 cm³/mol. The maximum atomic E-state index is 14.1. The normalized spacial score (nSPS) is 17.4. The van der Waals surface area contributed by atoms with E-state index in [-0.39, 0.29) is 37.6 Å². The van der Waals surface area contributed by atoms with Gasteiger partial charge in [-0.2, -0.15) is 11.8 Å². The SMILES string of the molecule is O=C1CNC(=O)[C@H](NC(=O)[C@H](Cc2ccc(OCc3ccccc3)cc2)NC(=O)OCc2ccccc2)CSC[C@H](C(=O)OCc2ccccc2)NC(=O)[C@H](Cc2ccccc2)N1. The van der Waals surface area contributed by atoms with Gasteiger partial charge in [0.15, 0.2) is 0 Å². The summed E-state index contributed by atoms with van der Waals surface area (Å²) in [7, 11) is 0. The van der Waals surface area contributed by atoms with Gasteiger partial charge in [0, 0.05) is 24.3 Å². The third-order valence-electron chi connectivity index (χ3n) is 9.82. The van der Waals surface area contributed by atoms with Crippen LogP contribution in [0, 0.1) is 0 Å². The van der Waals surface area contributed by atoms with E-state index in [1.807, 2.05) is 72.8 Å². The number of hydrogen-bond acceptors (Lipinski definition) is 10. The zero-order valence-corrected chi connectivity index (χ0v) is 35.2. The second-order valence-corrected chi connectivity index (χ2v) is 15.7. The fraction of sp³-hybridized carbons (Fsp3) is 0.250. The van der Waals surface area contributed by atoms with Crippen LogP contribution in [0.3, 0.4) is 0 Å². The molecule has 0 radical (unpaired) electrons. The Morgan fingerprint density at radius 3 is 1.78 bits per heavy atom. The molecule has 326 valence electrons. The maximum absolute atomic E-state index is 14.1. The van der Waals surface area contributed by atoms with E-state index in [1.54, 1.807) is 72.8 Å². The van der Waals surface area contributed by atoms with Gasteiger partial charge in [-0.25, -0.2) is 9.59 Å². The van der Waals surface area contributed by atoms with Gasteiger partial charge in [-0.1, -0.05) is 133 Å². The highest BCUT2D eigenvalue weighted by Crippen LogP contribution is 2.17. The highest BCUT2D eigenvalue weighted by Gasteiger charge is 2.32. The summed E-state index contributed by atoms with van der Waals surface area (Å²) < 4.78 is 17.0. The molecule has 1 aliphatic rings. The molecule has 1 aliphatic heterocycles. The molecule has 5 amide bonds. The van der Waals surface area contributed by atoms with Gasteiger partial charge in [0.2, 0.25) is 23.6 Å². The minimum Gasteiger partial charge on any atom is -0.489 e. The fourth-order valence-corrected chi connectivity index (χ4v) is 7.50. The van der Waals surface area contributed by atoms with Gasteiger partial charge in [-0.05, 0) is 39.9 Å². The van der Waals surface area contributed by atoms with Crippen molar-refractivity contribution in [2.75, 3.05) is 18.1 Å². The average Bonchev–Trinajstić information content (AvgIpc) is 3.32. The quantitative estimate of drug-likeness (QED) is 0.0944. The van der Waals surface area contributed by atoms with Gasteiger partial charge in [0.1, 0.15) is 49.7 Å². The van der Waals surface area contributed by atoms with Crippen molar-refractivity contribution >= 4 is 47.5 Å². The van der Waals surface area contributed by atoms with Crippen LogP contribution in [0.15, 0.2) is 146 Å². The number of carbonyl (C=O) groups excluding carboxylic acids is 6. The van der Waals surface area contributed by atoms with E-state index in [1.165, 1.54) is 0 Å². The third-order valence-corrected chi connectivity index (χ3v) is 11.0. The average molecular weight is 872 g/mol. The van der Waals surface area contributed by atoms with Crippen LogP contribution >= 0.6 is 11.8 Å². The first-order valence-electron chi connectivity index (χ1n) is 20.4. The largest absolute Gasteiger partial charge is 0.489 e. The molecular formula is C48H49N5O9S. The van der Waals surface area contributed by atoms with Crippen LogP contribution in [0.5, 0.6) is 5.75 Å². The van der Waals surface area contributed by atoms with Crippen molar-refractivity contribution in [3.63, 3.8) is 0 Å². The van der Waals surface area contributed by atoms with Crippen LogP contribution < -0.4 is 31.3 Å². The number of hydrogen-bond donors (Lipinski definition) is 5. The van der Waals surface area contributed by atoms with E-state index in [9.17, 15) is 28.8 Å². The van der Waals surface area contributed by atoms with Crippen LogP contribution in [-0.4, -0.2) is 77.9 Å². The molecule has 1 heterocycles. The highest BCUT2D eigenvalue weighted by atomic mass is 32.2. The number of ether oxygens (including phenoxy) is 3. The molecule has 5 N–H and O–H groups in total. The number of thioether (sulfide) groups is 1. The fourth-order valence-electron chi connectivity index (χ4n) is 6.44. The van der Waals surface area contributed by atoms with E-state index in [0.29, 0.717) is 17.9 Å². The van der Waals surface area contributed by atoms with Crippen LogP contribution in [0.2, 0.25) is 0 Å². The Morgan fingerprint density at radius 2 is 1.17 bits per heavy atom. The summed E-state index contributed by atoms with van der Waals surface area (Å²) in [6.45, 7) is -0.244. The van der Waals surface area contributed by atoms with Crippen LogP contribution in [0.1, 0.15) is 27.8 Å². The summed E-state index contributed by atoms with van der Waals surface area (Å²) in [5.74, 6) is -2.94. The molecule has 15 heteroatoms. The van der Waals surface area contributed by atoms with Crippen molar-refractivity contribution < 1.29 is 43.0 Å². The van der Waals surface area contributed by atoms with Crippen LogP contribution in [0.4, 0.5) is 4.79 Å². The highest BCUT2D eigenvalue weighted by molar-refractivity contribution is 7.99. The van der Waals surface area contributed by atoms with Crippen molar-refractivity contribution in [2.24, 2.45) is 0 Å². The Hall–Kier alpha value is -7.13. The smallest absolute Gasteiger partial charge is 0.408 e. The third kappa shape index (κ3) is 15.1. The Balaban J connectivity index is 1.17. The lowest BCUT2D eigenvalue weighted by atomic mass is 10.0. The molecule has 0 unspecified atom stereocenters. The Morgan fingerprint density at radius 1 is 0.619 bits per heavy atom. The lowest BCUT2D eigenvalue weighted by Gasteiger charge is -2.24.